The Balaban J connectivity index is 2.64. The number of hydrogen-bond donors (Lipinski definition) is 0. The molecule has 1 aliphatic rings. The van der Waals surface area contributed by atoms with Gasteiger partial charge in [-0.2, -0.15) is 0 Å². The smallest absolute Gasteiger partial charge is 0.249 e. The molecule has 0 spiro atoms. The SMILES string of the molecule is O=c1cc2n(s1)CCC2. The molecule has 0 atom stereocenters. The maximum atomic E-state index is 10.7. The summed E-state index contributed by atoms with van der Waals surface area (Å²) in [4.78, 5) is 10.7. The van der Waals surface area contributed by atoms with Crippen molar-refractivity contribution in [1.29, 1.82) is 0 Å². The van der Waals surface area contributed by atoms with Gasteiger partial charge in [-0.05, 0) is 24.4 Å². The van der Waals surface area contributed by atoms with E-state index in [4.69, 9.17) is 0 Å². The minimum Gasteiger partial charge on any atom is -0.299 e. The molecule has 0 radical (unpaired) electrons. The van der Waals surface area contributed by atoms with Crippen molar-refractivity contribution in [3.8, 4) is 0 Å². The molecule has 1 aliphatic heterocycles. The highest BCUT2D eigenvalue weighted by atomic mass is 32.1. The summed E-state index contributed by atoms with van der Waals surface area (Å²) in [6.45, 7) is 1.06. The summed E-state index contributed by atoms with van der Waals surface area (Å²) < 4.78 is 2.28. The molecule has 1 aromatic heterocycles. The molecule has 2 rings (SSSR count). The third kappa shape index (κ3) is 0.721. The fourth-order valence-corrected chi connectivity index (χ4v) is 2.08. The Morgan fingerprint density at radius 3 is 3.33 bits per heavy atom. The predicted molar refractivity (Wildman–Crippen MR) is 36.9 cm³/mol. The van der Waals surface area contributed by atoms with Crippen molar-refractivity contribution >= 4 is 11.5 Å². The Hall–Kier alpha value is -0.570. The Bertz CT molecular complexity index is 248. The molecule has 3 heteroatoms. The van der Waals surface area contributed by atoms with Crippen LogP contribution in [0.15, 0.2) is 10.9 Å². The average Bonchev–Trinajstić information content (AvgIpc) is 2.22. The molecule has 0 saturated heterocycles. The van der Waals surface area contributed by atoms with Crippen LogP contribution in [0.25, 0.3) is 0 Å². The average molecular weight is 141 g/mol. The van der Waals surface area contributed by atoms with Gasteiger partial charge in [0.05, 0.1) is 0 Å². The zero-order valence-corrected chi connectivity index (χ0v) is 5.78. The quantitative estimate of drug-likeness (QED) is 0.525. The summed E-state index contributed by atoms with van der Waals surface area (Å²) in [6.07, 6.45) is 2.31. The largest absolute Gasteiger partial charge is 0.299 e. The maximum Gasteiger partial charge on any atom is 0.249 e. The van der Waals surface area contributed by atoms with Crippen LogP contribution in [0, 0.1) is 0 Å². The topological polar surface area (TPSA) is 22.0 Å². The summed E-state index contributed by atoms with van der Waals surface area (Å²) >= 11 is 1.34. The van der Waals surface area contributed by atoms with E-state index in [1.807, 2.05) is 0 Å². The number of fused-ring (bicyclic) bond motifs is 1. The van der Waals surface area contributed by atoms with E-state index in [0.29, 0.717) is 0 Å². The molecule has 0 saturated carbocycles. The number of aryl methyl sites for hydroxylation is 2. The summed E-state index contributed by atoms with van der Waals surface area (Å²) in [5, 5.41) is 0. The fraction of sp³-hybridized carbons (Fsp3) is 0.500. The molecule has 0 bridgehead atoms. The molecule has 0 amide bonds. The van der Waals surface area contributed by atoms with Crippen molar-refractivity contribution in [2.45, 2.75) is 19.4 Å². The van der Waals surface area contributed by atoms with Crippen LogP contribution in [-0.2, 0) is 13.0 Å². The Morgan fingerprint density at radius 1 is 1.67 bits per heavy atom. The summed E-state index contributed by atoms with van der Waals surface area (Å²) in [5.74, 6) is 0. The normalized spacial score (nSPS) is 16.0. The minimum absolute atomic E-state index is 0.199. The maximum absolute atomic E-state index is 10.7. The Labute approximate surface area is 56.9 Å². The highest BCUT2D eigenvalue weighted by molar-refractivity contribution is 7.03. The van der Waals surface area contributed by atoms with E-state index in [-0.39, 0.29) is 4.74 Å². The van der Waals surface area contributed by atoms with Crippen molar-refractivity contribution in [1.82, 2.24) is 3.96 Å². The summed E-state index contributed by atoms with van der Waals surface area (Å²) in [7, 11) is 0. The first-order chi connectivity index (χ1) is 4.36. The molecule has 0 fully saturated rings. The van der Waals surface area contributed by atoms with Crippen molar-refractivity contribution in [2.75, 3.05) is 0 Å². The first-order valence-corrected chi connectivity index (χ1v) is 3.83. The Morgan fingerprint density at radius 2 is 2.56 bits per heavy atom. The van der Waals surface area contributed by atoms with Gasteiger partial charge in [0.15, 0.2) is 0 Å². The van der Waals surface area contributed by atoms with Gasteiger partial charge >= 0.3 is 0 Å². The van der Waals surface area contributed by atoms with Gasteiger partial charge in [0.2, 0.25) is 4.74 Å². The third-order valence-corrected chi connectivity index (χ3v) is 2.53. The van der Waals surface area contributed by atoms with E-state index in [1.165, 1.54) is 23.6 Å². The summed E-state index contributed by atoms with van der Waals surface area (Å²) in [5.41, 5.74) is 1.23. The van der Waals surface area contributed by atoms with Gasteiger partial charge in [-0.1, -0.05) is 0 Å². The lowest BCUT2D eigenvalue weighted by molar-refractivity contribution is 0.800. The monoisotopic (exact) mass is 141 g/mol. The number of aromatic nitrogens is 1. The van der Waals surface area contributed by atoms with Crippen LogP contribution in [0.1, 0.15) is 12.1 Å². The van der Waals surface area contributed by atoms with Crippen molar-refractivity contribution in [2.24, 2.45) is 0 Å². The minimum atomic E-state index is 0.199. The standard InChI is InChI=1S/C6H7NOS/c8-6-4-5-2-1-3-7(5)9-6/h4H,1-3H2. The number of nitrogens with zero attached hydrogens (tertiary/aromatic N) is 1. The van der Waals surface area contributed by atoms with Crippen molar-refractivity contribution < 1.29 is 0 Å². The van der Waals surface area contributed by atoms with Gasteiger partial charge in [-0.3, -0.25) is 8.75 Å². The lowest BCUT2D eigenvalue weighted by Crippen LogP contribution is -1.86. The van der Waals surface area contributed by atoms with Crippen LogP contribution in [0.3, 0.4) is 0 Å². The molecule has 48 valence electrons. The fourth-order valence-electron chi connectivity index (χ4n) is 1.19. The molecule has 9 heavy (non-hydrogen) atoms. The molecule has 1 aromatic rings. The van der Waals surface area contributed by atoms with E-state index in [2.05, 4.69) is 3.96 Å². The zero-order valence-electron chi connectivity index (χ0n) is 4.96. The van der Waals surface area contributed by atoms with Gasteiger partial charge in [-0.25, -0.2) is 0 Å². The van der Waals surface area contributed by atoms with Crippen LogP contribution in [-0.4, -0.2) is 3.96 Å². The lowest BCUT2D eigenvalue weighted by Gasteiger charge is -1.87. The van der Waals surface area contributed by atoms with Crippen LogP contribution >= 0.6 is 11.5 Å². The molecule has 0 aliphatic carbocycles. The molecule has 2 nitrogen and oxygen atoms in total. The third-order valence-electron chi connectivity index (χ3n) is 1.60. The van der Waals surface area contributed by atoms with Gasteiger partial charge in [0.1, 0.15) is 0 Å². The van der Waals surface area contributed by atoms with Gasteiger partial charge in [0, 0.05) is 18.3 Å². The molecular weight excluding hydrogens is 134 g/mol. The van der Waals surface area contributed by atoms with E-state index in [0.717, 1.165) is 13.0 Å². The molecule has 0 unspecified atom stereocenters. The second kappa shape index (κ2) is 1.70. The molecule has 0 aromatic carbocycles. The van der Waals surface area contributed by atoms with Gasteiger partial charge < -0.3 is 0 Å². The predicted octanol–water partition coefficient (Wildman–Crippen LogP) is 0.856. The first-order valence-electron chi connectivity index (χ1n) is 3.06. The zero-order chi connectivity index (χ0) is 6.27. The Kier molecular flexibility index (Phi) is 0.990. The van der Waals surface area contributed by atoms with Crippen LogP contribution in [0.2, 0.25) is 0 Å². The highest BCUT2D eigenvalue weighted by Crippen LogP contribution is 2.14. The lowest BCUT2D eigenvalue weighted by atomic mass is 10.3. The van der Waals surface area contributed by atoms with Crippen molar-refractivity contribution in [3.63, 3.8) is 0 Å². The van der Waals surface area contributed by atoms with E-state index >= 15 is 0 Å². The van der Waals surface area contributed by atoms with E-state index < -0.39 is 0 Å². The van der Waals surface area contributed by atoms with E-state index in [9.17, 15) is 4.79 Å². The van der Waals surface area contributed by atoms with E-state index in [1.54, 1.807) is 6.07 Å². The van der Waals surface area contributed by atoms with Crippen molar-refractivity contribution in [3.05, 3.63) is 21.3 Å². The molecular formula is C6H7NOS. The number of rotatable bonds is 0. The molecule has 2 heterocycles. The second-order valence-electron chi connectivity index (χ2n) is 2.25. The van der Waals surface area contributed by atoms with Gasteiger partial charge in [-0.15, -0.1) is 0 Å². The summed E-state index contributed by atoms with van der Waals surface area (Å²) in [6, 6.07) is 1.75. The second-order valence-corrected chi connectivity index (χ2v) is 3.28. The van der Waals surface area contributed by atoms with Gasteiger partial charge in [0.25, 0.3) is 0 Å². The van der Waals surface area contributed by atoms with Crippen LogP contribution in [0.5, 0.6) is 0 Å². The highest BCUT2D eigenvalue weighted by Gasteiger charge is 2.10. The first kappa shape index (κ1) is 5.23. The van der Waals surface area contributed by atoms with Crippen LogP contribution < -0.4 is 4.74 Å². The number of hydrogen-bond acceptors (Lipinski definition) is 2. The van der Waals surface area contributed by atoms with Crippen LogP contribution in [0.4, 0.5) is 0 Å². The molecule has 0 N–H and O–H groups in total.